The second kappa shape index (κ2) is 15.5. The number of unbranched alkanes of at least 4 members (excludes halogenated alkanes) is 5. The number of ether oxygens (including phenoxy) is 3. The lowest BCUT2D eigenvalue weighted by atomic mass is 9.92. The fraction of sp³-hybridized carbons (Fsp3) is 0.457. The second-order valence-electron chi connectivity index (χ2n) is 10.4. The van der Waals surface area contributed by atoms with Crippen LogP contribution in [0.4, 0.5) is 0 Å². The standard InChI is InChI=1S/C35H44O4/c1-3-5-6-7-13-25-39-34(35(36)37-4-2)26-27-20-22-28(23-21-27)38-24-14-12-19-33-31-17-10-8-15-29(31)30-16-9-11-18-32(30)33/h8-11,15-18,20-23,33-34H,3-7,12-14,19,24-26H2,1-2H3. The van der Waals surface area contributed by atoms with Crippen molar-refractivity contribution in [3.8, 4) is 16.9 Å². The van der Waals surface area contributed by atoms with Gasteiger partial charge in [0, 0.05) is 18.9 Å². The van der Waals surface area contributed by atoms with Gasteiger partial charge in [0.25, 0.3) is 0 Å². The quantitative estimate of drug-likeness (QED) is 0.130. The van der Waals surface area contributed by atoms with Crippen LogP contribution in [0.5, 0.6) is 5.75 Å². The van der Waals surface area contributed by atoms with Crippen molar-refractivity contribution in [2.45, 2.75) is 83.7 Å². The normalized spacial score (nSPS) is 13.1. The van der Waals surface area contributed by atoms with Gasteiger partial charge in [0.15, 0.2) is 6.10 Å². The van der Waals surface area contributed by atoms with Crippen molar-refractivity contribution in [1.29, 1.82) is 0 Å². The smallest absolute Gasteiger partial charge is 0.335 e. The highest BCUT2D eigenvalue weighted by molar-refractivity contribution is 5.78. The maximum Gasteiger partial charge on any atom is 0.335 e. The highest BCUT2D eigenvalue weighted by atomic mass is 16.6. The van der Waals surface area contributed by atoms with Gasteiger partial charge in [-0.05, 0) is 72.6 Å². The monoisotopic (exact) mass is 528 g/mol. The van der Waals surface area contributed by atoms with E-state index in [9.17, 15) is 4.79 Å². The van der Waals surface area contributed by atoms with Gasteiger partial charge in [-0.3, -0.25) is 0 Å². The molecule has 0 saturated heterocycles. The molecular formula is C35H44O4. The predicted octanol–water partition coefficient (Wildman–Crippen LogP) is 8.51. The summed E-state index contributed by atoms with van der Waals surface area (Å²) < 4.78 is 17.2. The molecule has 1 aliphatic rings. The summed E-state index contributed by atoms with van der Waals surface area (Å²) in [6.45, 7) is 5.69. The molecule has 1 aliphatic carbocycles. The van der Waals surface area contributed by atoms with E-state index in [1.165, 1.54) is 41.5 Å². The summed E-state index contributed by atoms with van der Waals surface area (Å²) in [6.07, 6.45) is 9.00. The average Bonchev–Trinajstić information content (AvgIpc) is 3.28. The van der Waals surface area contributed by atoms with Crippen LogP contribution >= 0.6 is 0 Å². The molecule has 4 nitrogen and oxygen atoms in total. The van der Waals surface area contributed by atoms with Crippen molar-refractivity contribution < 1.29 is 19.0 Å². The highest BCUT2D eigenvalue weighted by Gasteiger charge is 2.27. The van der Waals surface area contributed by atoms with Crippen LogP contribution < -0.4 is 4.74 Å². The van der Waals surface area contributed by atoms with Gasteiger partial charge >= 0.3 is 5.97 Å². The summed E-state index contributed by atoms with van der Waals surface area (Å²) in [5.74, 6) is 1.06. The van der Waals surface area contributed by atoms with Gasteiger partial charge in [-0.1, -0.05) is 93.3 Å². The first-order valence-electron chi connectivity index (χ1n) is 14.9. The van der Waals surface area contributed by atoms with Crippen LogP contribution in [0, 0.1) is 0 Å². The SMILES string of the molecule is CCCCCCCOC(Cc1ccc(OCCCCC2c3ccccc3-c3ccccc32)cc1)C(=O)OCC. The third-order valence-corrected chi connectivity index (χ3v) is 7.58. The Hall–Kier alpha value is -3.11. The number of benzene rings is 3. The minimum absolute atomic E-state index is 0.279. The Balaban J connectivity index is 1.21. The van der Waals surface area contributed by atoms with Crippen LogP contribution in [-0.4, -0.2) is 31.9 Å². The van der Waals surface area contributed by atoms with Crippen molar-refractivity contribution in [2.24, 2.45) is 0 Å². The van der Waals surface area contributed by atoms with Gasteiger partial charge < -0.3 is 14.2 Å². The third kappa shape index (κ3) is 8.19. The molecule has 4 rings (SSSR count). The number of fused-ring (bicyclic) bond motifs is 3. The third-order valence-electron chi connectivity index (χ3n) is 7.58. The number of hydrogen-bond acceptors (Lipinski definition) is 4. The van der Waals surface area contributed by atoms with E-state index in [1.54, 1.807) is 0 Å². The van der Waals surface area contributed by atoms with E-state index in [0.29, 0.717) is 32.2 Å². The topological polar surface area (TPSA) is 44.8 Å². The Morgan fingerprint density at radius 1 is 0.744 bits per heavy atom. The van der Waals surface area contributed by atoms with Gasteiger partial charge in [0.2, 0.25) is 0 Å². The molecule has 3 aromatic rings. The summed E-state index contributed by atoms with van der Waals surface area (Å²) in [5.41, 5.74) is 6.73. The zero-order valence-corrected chi connectivity index (χ0v) is 23.7. The Kier molecular flexibility index (Phi) is 11.5. The van der Waals surface area contributed by atoms with Crippen molar-refractivity contribution in [3.63, 3.8) is 0 Å². The van der Waals surface area contributed by atoms with E-state index in [-0.39, 0.29) is 5.97 Å². The first-order chi connectivity index (χ1) is 19.2. The van der Waals surface area contributed by atoms with Crippen LogP contribution in [0.3, 0.4) is 0 Å². The number of esters is 1. The zero-order chi connectivity index (χ0) is 27.3. The molecule has 1 unspecified atom stereocenters. The van der Waals surface area contributed by atoms with Gasteiger partial charge in [-0.25, -0.2) is 4.79 Å². The maximum atomic E-state index is 12.4. The maximum absolute atomic E-state index is 12.4. The molecule has 0 spiro atoms. The summed E-state index contributed by atoms with van der Waals surface area (Å²) in [5, 5.41) is 0. The summed E-state index contributed by atoms with van der Waals surface area (Å²) >= 11 is 0. The first-order valence-corrected chi connectivity index (χ1v) is 14.9. The fourth-order valence-corrected chi connectivity index (χ4v) is 5.52. The average molecular weight is 529 g/mol. The van der Waals surface area contributed by atoms with Crippen LogP contribution in [0.1, 0.15) is 87.8 Å². The van der Waals surface area contributed by atoms with Crippen LogP contribution in [0.2, 0.25) is 0 Å². The van der Waals surface area contributed by atoms with Crippen LogP contribution in [0.15, 0.2) is 72.8 Å². The molecule has 0 aliphatic heterocycles. The van der Waals surface area contributed by atoms with Crippen LogP contribution in [0.25, 0.3) is 11.1 Å². The predicted molar refractivity (Wildman–Crippen MR) is 158 cm³/mol. The molecule has 0 amide bonds. The molecule has 3 aromatic carbocycles. The van der Waals surface area contributed by atoms with Gasteiger partial charge in [-0.15, -0.1) is 0 Å². The highest BCUT2D eigenvalue weighted by Crippen LogP contribution is 2.46. The molecule has 0 radical (unpaired) electrons. The molecule has 0 aromatic heterocycles. The second-order valence-corrected chi connectivity index (χ2v) is 10.4. The largest absolute Gasteiger partial charge is 0.494 e. The van der Waals surface area contributed by atoms with Crippen molar-refractivity contribution >= 4 is 5.97 Å². The summed E-state index contributed by atoms with van der Waals surface area (Å²) in [6, 6.07) is 25.7. The zero-order valence-electron chi connectivity index (χ0n) is 23.7. The molecule has 0 N–H and O–H groups in total. The lowest BCUT2D eigenvalue weighted by Gasteiger charge is -2.17. The fourth-order valence-electron chi connectivity index (χ4n) is 5.52. The molecule has 0 bridgehead atoms. The number of rotatable bonds is 17. The van der Waals surface area contributed by atoms with E-state index in [0.717, 1.165) is 43.4 Å². The Bertz CT molecular complexity index is 1110. The molecule has 0 saturated carbocycles. The van der Waals surface area contributed by atoms with Gasteiger partial charge in [0.05, 0.1) is 13.2 Å². The van der Waals surface area contributed by atoms with Gasteiger partial charge in [-0.2, -0.15) is 0 Å². The van der Waals surface area contributed by atoms with Crippen molar-refractivity contribution in [3.05, 3.63) is 89.5 Å². The molecule has 4 heteroatoms. The molecule has 39 heavy (non-hydrogen) atoms. The lowest BCUT2D eigenvalue weighted by molar-refractivity contribution is -0.156. The Morgan fingerprint density at radius 3 is 2.05 bits per heavy atom. The summed E-state index contributed by atoms with van der Waals surface area (Å²) in [4.78, 5) is 12.4. The van der Waals surface area contributed by atoms with E-state index in [2.05, 4.69) is 55.5 Å². The van der Waals surface area contributed by atoms with E-state index < -0.39 is 6.10 Å². The lowest BCUT2D eigenvalue weighted by Crippen LogP contribution is -2.29. The van der Waals surface area contributed by atoms with Crippen LogP contribution in [-0.2, 0) is 20.7 Å². The first kappa shape index (κ1) is 28.9. The Morgan fingerprint density at radius 2 is 1.38 bits per heavy atom. The van der Waals surface area contributed by atoms with E-state index in [1.807, 2.05) is 31.2 Å². The molecule has 208 valence electrons. The summed E-state index contributed by atoms with van der Waals surface area (Å²) in [7, 11) is 0. The molecule has 0 heterocycles. The minimum Gasteiger partial charge on any atom is -0.494 e. The number of carbonyl (C=O) groups excluding carboxylic acids is 1. The minimum atomic E-state index is -0.561. The Labute approximate surface area is 234 Å². The number of carbonyl (C=O) groups is 1. The van der Waals surface area contributed by atoms with E-state index >= 15 is 0 Å². The number of hydrogen-bond donors (Lipinski definition) is 0. The van der Waals surface area contributed by atoms with E-state index in [4.69, 9.17) is 14.2 Å². The molecule has 1 atom stereocenters. The van der Waals surface area contributed by atoms with Crippen molar-refractivity contribution in [1.82, 2.24) is 0 Å². The van der Waals surface area contributed by atoms with Crippen molar-refractivity contribution in [2.75, 3.05) is 19.8 Å². The van der Waals surface area contributed by atoms with Gasteiger partial charge in [0.1, 0.15) is 5.75 Å². The molecular weight excluding hydrogens is 484 g/mol. The molecule has 0 fully saturated rings.